The van der Waals surface area contributed by atoms with E-state index in [2.05, 4.69) is 6.92 Å². The molecule has 0 saturated heterocycles. The lowest BCUT2D eigenvalue weighted by Gasteiger charge is -2.23. The molecule has 146 valence electrons. The summed E-state index contributed by atoms with van der Waals surface area (Å²) in [6, 6.07) is 11.4. The van der Waals surface area contributed by atoms with E-state index >= 15 is 0 Å². The monoisotopic (exact) mass is 429 g/mol. The minimum absolute atomic E-state index is 0.140. The summed E-state index contributed by atoms with van der Waals surface area (Å²) < 4.78 is 27.2. The summed E-state index contributed by atoms with van der Waals surface area (Å²) in [5, 5.41) is 0.732. The van der Waals surface area contributed by atoms with Gasteiger partial charge in [-0.15, -0.1) is 0 Å². The van der Waals surface area contributed by atoms with Crippen molar-refractivity contribution in [3.63, 3.8) is 0 Å². The van der Waals surface area contributed by atoms with Crippen molar-refractivity contribution in [2.45, 2.75) is 26.3 Å². The summed E-state index contributed by atoms with van der Waals surface area (Å²) in [6.45, 7) is 3.04. The first-order valence-corrected chi connectivity index (χ1v) is 11.0. The Kier molecular flexibility index (Phi) is 7.53. The van der Waals surface area contributed by atoms with Gasteiger partial charge in [-0.25, -0.2) is 0 Å². The van der Waals surface area contributed by atoms with Crippen LogP contribution in [-0.2, 0) is 16.7 Å². The largest absolute Gasteiger partial charge is 0.383 e. The van der Waals surface area contributed by atoms with E-state index in [0.717, 1.165) is 24.7 Å². The lowest BCUT2D eigenvalue weighted by atomic mass is 10.1. The molecule has 0 aliphatic rings. The number of hydrogen-bond donors (Lipinski definition) is 0. The van der Waals surface area contributed by atoms with Gasteiger partial charge in [0.2, 0.25) is 0 Å². The van der Waals surface area contributed by atoms with Crippen LogP contribution in [0.4, 0.5) is 0 Å². The van der Waals surface area contributed by atoms with Crippen LogP contribution in [0, 0.1) is 0 Å². The molecule has 0 heterocycles. The van der Waals surface area contributed by atoms with E-state index in [1.165, 1.54) is 0 Å². The predicted molar refractivity (Wildman–Crippen MR) is 108 cm³/mol. The second kappa shape index (κ2) is 9.44. The van der Waals surface area contributed by atoms with Gasteiger partial charge in [-0.2, -0.15) is 8.42 Å². The van der Waals surface area contributed by atoms with Gasteiger partial charge in [-0.1, -0.05) is 48.7 Å². The van der Waals surface area contributed by atoms with Crippen LogP contribution >= 0.6 is 23.2 Å². The molecule has 0 fully saturated rings. The second-order valence-electron chi connectivity index (χ2n) is 6.14. The molecule has 0 radical (unpaired) electrons. The summed E-state index contributed by atoms with van der Waals surface area (Å²) >= 11 is 12.0. The number of nitrogens with zero attached hydrogens (tertiary/aromatic N) is 1. The number of benzene rings is 2. The third-order valence-electron chi connectivity index (χ3n) is 3.78. The molecule has 0 N–H and O–H groups in total. The Morgan fingerprint density at radius 1 is 1.07 bits per heavy atom. The number of carbonyl (C=O) groups excluding carboxylic acids is 1. The zero-order chi connectivity index (χ0) is 20.0. The molecule has 0 aliphatic heterocycles. The number of hydrogen-bond acceptors (Lipinski definition) is 4. The maximum absolute atomic E-state index is 12.9. The lowest BCUT2D eigenvalue weighted by Crippen LogP contribution is -2.31. The van der Waals surface area contributed by atoms with Gasteiger partial charge in [-0.3, -0.25) is 4.79 Å². The maximum atomic E-state index is 12.9. The molecule has 1 amide bonds. The van der Waals surface area contributed by atoms with Crippen molar-refractivity contribution in [2.75, 3.05) is 12.8 Å². The van der Waals surface area contributed by atoms with E-state index < -0.39 is 10.1 Å². The summed E-state index contributed by atoms with van der Waals surface area (Å²) in [4.78, 5) is 14.6. The Morgan fingerprint density at radius 3 is 2.30 bits per heavy atom. The quantitative estimate of drug-likeness (QED) is 0.566. The predicted octanol–water partition coefficient (Wildman–Crippen LogP) is 4.77. The Balaban J connectivity index is 2.18. The molecule has 2 aromatic carbocycles. The average Bonchev–Trinajstić information content (AvgIpc) is 2.60. The highest BCUT2D eigenvalue weighted by Gasteiger charge is 2.17. The Morgan fingerprint density at radius 2 is 1.74 bits per heavy atom. The van der Waals surface area contributed by atoms with Gasteiger partial charge in [0.1, 0.15) is 5.75 Å². The SMILES string of the molecule is CCCCN(Cc1ccc(OS(C)(=O)=O)cc1)C(=O)c1ccc(Cl)c(Cl)c1. The molecule has 27 heavy (non-hydrogen) atoms. The molecule has 2 rings (SSSR count). The highest BCUT2D eigenvalue weighted by molar-refractivity contribution is 7.86. The van der Waals surface area contributed by atoms with Gasteiger partial charge in [0.05, 0.1) is 16.3 Å². The molecule has 0 saturated carbocycles. The van der Waals surface area contributed by atoms with Gasteiger partial charge in [0.15, 0.2) is 0 Å². The molecule has 0 aromatic heterocycles. The minimum Gasteiger partial charge on any atom is -0.383 e. The number of carbonyl (C=O) groups is 1. The number of halogens is 2. The standard InChI is InChI=1S/C19H21Cl2NO4S/c1-3-4-11-22(19(23)15-7-10-17(20)18(21)12-15)13-14-5-8-16(9-6-14)26-27(2,24)25/h5-10,12H,3-4,11,13H2,1-2H3. The van der Waals surface area contributed by atoms with Crippen molar-refractivity contribution >= 4 is 39.2 Å². The summed E-state index contributed by atoms with van der Waals surface area (Å²) in [5.41, 5.74) is 1.33. The summed E-state index contributed by atoms with van der Waals surface area (Å²) in [7, 11) is -3.57. The topological polar surface area (TPSA) is 63.7 Å². The average molecular weight is 430 g/mol. The minimum atomic E-state index is -3.57. The van der Waals surface area contributed by atoms with Crippen LogP contribution in [0.15, 0.2) is 42.5 Å². The molecule has 0 unspecified atom stereocenters. The molecule has 0 atom stereocenters. The fourth-order valence-electron chi connectivity index (χ4n) is 2.46. The summed E-state index contributed by atoms with van der Waals surface area (Å²) in [6.07, 6.45) is 2.80. The van der Waals surface area contributed by atoms with E-state index in [0.29, 0.717) is 28.7 Å². The first-order valence-electron chi connectivity index (χ1n) is 8.42. The van der Waals surface area contributed by atoms with Gasteiger partial charge in [0.25, 0.3) is 5.91 Å². The zero-order valence-corrected chi connectivity index (χ0v) is 17.4. The van der Waals surface area contributed by atoms with E-state index in [9.17, 15) is 13.2 Å². The smallest absolute Gasteiger partial charge is 0.306 e. The van der Waals surface area contributed by atoms with Gasteiger partial charge >= 0.3 is 10.1 Å². The van der Waals surface area contributed by atoms with E-state index in [1.807, 2.05) is 0 Å². The van der Waals surface area contributed by atoms with E-state index in [-0.39, 0.29) is 11.7 Å². The third kappa shape index (κ3) is 6.72. The fourth-order valence-corrected chi connectivity index (χ4v) is 3.22. The Hall–Kier alpha value is -1.76. The van der Waals surface area contributed by atoms with Crippen LogP contribution in [0.5, 0.6) is 5.75 Å². The number of rotatable bonds is 8. The lowest BCUT2D eigenvalue weighted by molar-refractivity contribution is 0.0741. The number of amides is 1. The van der Waals surface area contributed by atoms with Crippen molar-refractivity contribution < 1.29 is 17.4 Å². The van der Waals surface area contributed by atoms with Crippen LogP contribution in [0.25, 0.3) is 0 Å². The van der Waals surface area contributed by atoms with Crippen molar-refractivity contribution in [1.82, 2.24) is 4.90 Å². The van der Waals surface area contributed by atoms with Crippen LogP contribution in [0.1, 0.15) is 35.7 Å². The first kappa shape index (κ1) is 21.5. The highest BCUT2D eigenvalue weighted by atomic mass is 35.5. The Bertz CT molecular complexity index is 898. The van der Waals surface area contributed by atoms with Crippen molar-refractivity contribution in [3.05, 3.63) is 63.6 Å². The third-order valence-corrected chi connectivity index (χ3v) is 5.01. The van der Waals surface area contributed by atoms with Crippen molar-refractivity contribution in [3.8, 4) is 5.75 Å². The maximum Gasteiger partial charge on any atom is 0.306 e. The number of unbranched alkanes of at least 4 members (excludes halogenated alkanes) is 1. The van der Waals surface area contributed by atoms with E-state index in [1.54, 1.807) is 47.4 Å². The molecule has 0 bridgehead atoms. The molecule has 0 spiro atoms. The molecule has 8 heteroatoms. The molecule has 5 nitrogen and oxygen atoms in total. The molecule has 0 aliphatic carbocycles. The van der Waals surface area contributed by atoms with Crippen LogP contribution in [0.3, 0.4) is 0 Å². The molecular formula is C19H21Cl2NO4S. The zero-order valence-electron chi connectivity index (χ0n) is 15.1. The first-order chi connectivity index (χ1) is 12.7. The van der Waals surface area contributed by atoms with Gasteiger partial charge < -0.3 is 9.08 Å². The molecule has 2 aromatic rings. The highest BCUT2D eigenvalue weighted by Crippen LogP contribution is 2.24. The second-order valence-corrected chi connectivity index (χ2v) is 8.53. The van der Waals surface area contributed by atoms with Crippen LogP contribution in [-0.4, -0.2) is 32.0 Å². The van der Waals surface area contributed by atoms with Crippen molar-refractivity contribution in [1.29, 1.82) is 0 Å². The van der Waals surface area contributed by atoms with E-state index in [4.69, 9.17) is 27.4 Å². The summed E-state index contributed by atoms with van der Waals surface area (Å²) in [5.74, 6) is 0.0932. The Labute approximate surface area is 170 Å². The van der Waals surface area contributed by atoms with Gasteiger partial charge in [-0.05, 0) is 42.3 Å². The van der Waals surface area contributed by atoms with Gasteiger partial charge in [0, 0.05) is 18.7 Å². The van der Waals surface area contributed by atoms with Crippen LogP contribution in [0.2, 0.25) is 10.0 Å². The molecular weight excluding hydrogens is 409 g/mol. The normalized spacial score (nSPS) is 11.3. The van der Waals surface area contributed by atoms with Crippen molar-refractivity contribution in [2.24, 2.45) is 0 Å². The fraction of sp³-hybridized carbons (Fsp3) is 0.316. The van der Waals surface area contributed by atoms with Crippen LogP contribution < -0.4 is 4.18 Å².